The molecule has 8 heteroatoms. The zero-order chi connectivity index (χ0) is 22.2. The Morgan fingerprint density at radius 2 is 1.81 bits per heavy atom. The summed E-state index contributed by atoms with van der Waals surface area (Å²) in [5, 5.41) is 6.49. The molecule has 2 aliphatic heterocycles. The van der Waals surface area contributed by atoms with Crippen LogP contribution in [0.1, 0.15) is 46.4 Å². The lowest BCUT2D eigenvalue weighted by atomic mass is 10.1. The van der Waals surface area contributed by atoms with E-state index in [0.717, 1.165) is 12.8 Å². The lowest BCUT2D eigenvalue weighted by molar-refractivity contribution is -0.138. The van der Waals surface area contributed by atoms with Gasteiger partial charge in [0.1, 0.15) is 12.1 Å². The molecule has 166 valence electrons. The van der Waals surface area contributed by atoms with Gasteiger partial charge in [0.15, 0.2) is 5.78 Å². The number of Topliss-reactive ketones (excluding diaryl/α,β-unsaturated/α-hetero) is 1. The van der Waals surface area contributed by atoms with Gasteiger partial charge >= 0.3 is 0 Å². The highest BCUT2D eigenvalue weighted by Crippen LogP contribution is 2.36. The minimum atomic E-state index is -0.652. The molecule has 1 aromatic heterocycles. The molecule has 1 N–H and O–H groups in total. The first kappa shape index (κ1) is 20.9. The van der Waals surface area contributed by atoms with Crippen LogP contribution >= 0.6 is 11.3 Å². The molecular formula is C24H25N3O4S. The fourth-order valence-corrected chi connectivity index (χ4v) is 5.47. The molecule has 0 unspecified atom stereocenters. The number of nitrogens with one attached hydrogen (secondary N) is 1. The van der Waals surface area contributed by atoms with Gasteiger partial charge < -0.3 is 15.1 Å². The quantitative estimate of drug-likeness (QED) is 0.730. The molecule has 3 heterocycles. The van der Waals surface area contributed by atoms with E-state index in [4.69, 9.17) is 0 Å². The van der Waals surface area contributed by atoms with Gasteiger partial charge in [-0.25, -0.2) is 0 Å². The molecule has 3 atom stereocenters. The second-order valence-electron chi connectivity index (χ2n) is 8.82. The van der Waals surface area contributed by atoms with Gasteiger partial charge in [-0.3, -0.25) is 19.2 Å². The minimum Gasteiger partial charge on any atom is -0.340 e. The van der Waals surface area contributed by atoms with E-state index in [1.54, 1.807) is 45.5 Å². The third-order valence-electron chi connectivity index (χ3n) is 6.64. The van der Waals surface area contributed by atoms with Crippen LogP contribution in [0.5, 0.6) is 0 Å². The number of carbonyl (C=O) groups is 4. The summed E-state index contributed by atoms with van der Waals surface area (Å²) in [5.74, 6) is -0.337. The van der Waals surface area contributed by atoms with Crippen LogP contribution in [0.25, 0.3) is 0 Å². The van der Waals surface area contributed by atoms with Crippen molar-refractivity contribution in [3.8, 4) is 0 Å². The molecule has 32 heavy (non-hydrogen) atoms. The molecule has 3 fully saturated rings. The maximum Gasteiger partial charge on any atom is 0.254 e. The average Bonchev–Trinajstić information content (AvgIpc) is 3.20. The van der Waals surface area contributed by atoms with Crippen molar-refractivity contribution in [1.29, 1.82) is 0 Å². The van der Waals surface area contributed by atoms with Crippen LogP contribution in [0, 0.1) is 5.92 Å². The summed E-state index contributed by atoms with van der Waals surface area (Å²) in [6.45, 7) is 0.426. The monoisotopic (exact) mass is 451 g/mol. The number of rotatable bonds is 6. The number of ketones is 1. The predicted molar refractivity (Wildman–Crippen MR) is 119 cm³/mol. The molecule has 1 aromatic carbocycles. The lowest BCUT2D eigenvalue weighted by Gasteiger charge is -2.28. The number of fused-ring (bicyclic) bond motifs is 1. The number of hydrogen-bond donors (Lipinski definition) is 1. The van der Waals surface area contributed by atoms with Crippen molar-refractivity contribution in [2.45, 2.75) is 43.8 Å². The molecule has 0 spiro atoms. The Balaban J connectivity index is 1.32. The van der Waals surface area contributed by atoms with Crippen LogP contribution in [0.2, 0.25) is 0 Å². The van der Waals surface area contributed by atoms with Crippen molar-refractivity contribution < 1.29 is 19.2 Å². The summed E-state index contributed by atoms with van der Waals surface area (Å²) < 4.78 is 0. The van der Waals surface area contributed by atoms with Gasteiger partial charge in [-0.05, 0) is 42.3 Å². The van der Waals surface area contributed by atoms with Crippen LogP contribution in [0.4, 0.5) is 0 Å². The molecule has 0 radical (unpaired) electrons. The van der Waals surface area contributed by atoms with Crippen LogP contribution in [0.15, 0.2) is 47.2 Å². The van der Waals surface area contributed by atoms with Crippen molar-refractivity contribution in [2.24, 2.45) is 5.92 Å². The van der Waals surface area contributed by atoms with Gasteiger partial charge in [-0.15, -0.1) is 0 Å². The number of benzene rings is 1. The normalized spacial score (nSPS) is 23.2. The Labute approximate surface area is 190 Å². The second-order valence-corrected chi connectivity index (χ2v) is 9.60. The number of hydrogen-bond acceptors (Lipinski definition) is 5. The summed E-state index contributed by atoms with van der Waals surface area (Å²) in [7, 11) is 0. The van der Waals surface area contributed by atoms with E-state index in [0.29, 0.717) is 36.4 Å². The lowest BCUT2D eigenvalue weighted by Crippen LogP contribution is -2.52. The van der Waals surface area contributed by atoms with Gasteiger partial charge in [-0.2, -0.15) is 11.3 Å². The van der Waals surface area contributed by atoms with E-state index in [2.05, 4.69) is 5.32 Å². The molecule has 5 rings (SSSR count). The Morgan fingerprint density at radius 1 is 1.03 bits per heavy atom. The van der Waals surface area contributed by atoms with Crippen molar-refractivity contribution in [1.82, 2.24) is 15.1 Å². The first-order valence-corrected chi connectivity index (χ1v) is 12.0. The summed E-state index contributed by atoms with van der Waals surface area (Å²) in [4.78, 5) is 55.2. The molecular weight excluding hydrogens is 426 g/mol. The maximum absolute atomic E-state index is 13.5. The molecule has 1 saturated carbocycles. The highest BCUT2D eigenvalue weighted by molar-refractivity contribution is 7.08. The largest absolute Gasteiger partial charge is 0.340 e. The first-order valence-electron chi connectivity index (χ1n) is 11.0. The van der Waals surface area contributed by atoms with E-state index < -0.39 is 12.1 Å². The van der Waals surface area contributed by atoms with Crippen LogP contribution < -0.4 is 5.32 Å². The topological polar surface area (TPSA) is 86.8 Å². The number of thiophene rings is 1. The average molecular weight is 452 g/mol. The van der Waals surface area contributed by atoms with E-state index in [1.165, 1.54) is 11.3 Å². The van der Waals surface area contributed by atoms with Crippen LogP contribution in [-0.2, 0) is 9.59 Å². The van der Waals surface area contributed by atoms with Crippen molar-refractivity contribution in [3.63, 3.8) is 0 Å². The van der Waals surface area contributed by atoms with Crippen molar-refractivity contribution in [2.75, 3.05) is 13.1 Å². The molecule has 2 aromatic rings. The summed E-state index contributed by atoms with van der Waals surface area (Å²) in [6.07, 6.45) is 3.27. The van der Waals surface area contributed by atoms with E-state index in [1.807, 2.05) is 11.4 Å². The van der Waals surface area contributed by atoms with Crippen LogP contribution in [0.3, 0.4) is 0 Å². The second kappa shape index (κ2) is 8.50. The molecule has 0 bridgehead atoms. The Morgan fingerprint density at radius 3 is 2.50 bits per heavy atom. The zero-order valence-corrected chi connectivity index (χ0v) is 18.4. The number of carbonyl (C=O) groups excluding carboxylic acids is 4. The van der Waals surface area contributed by atoms with Gasteiger partial charge in [0, 0.05) is 17.5 Å². The Kier molecular flexibility index (Phi) is 5.55. The first-order chi connectivity index (χ1) is 15.5. The summed E-state index contributed by atoms with van der Waals surface area (Å²) in [5.41, 5.74) is 1.08. The fraction of sp³-hybridized carbons (Fsp3) is 0.417. The van der Waals surface area contributed by atoms with Gasteiger partial charge in [0.2, 0.25) is 5.91 Å². The van der Waals surface area contributed by atoms with Crippen LogP contribution in [-0.4, -0.2) is 64.5 Å². The van der Waals surface area contributed by atoms with Crippen molar-refractivity contribution in [3.05, 3.63) is 58.3 Å². The Bertz CT molecular complexity index is 1030. The van der Waals surface area contributed by atoms with E-state index >= 15 is 0 Å². The van der Waals surface area contributed by atoms with Gasteiger partial charge in [0.05, 0.1) is 18.2 Å². The van der Waals surface area contributed by atoms with Gasteiger partial charge in [0.25, 0.3) is 11.8 Å². The SMILES string of the molecule is O=C(N[C@@H](CC1CC1)C(=O)N1CC[C@@H]2[C@H]1C(=O)CN2C(=O)c1ccccc1)c1ccsc1. The number of nitrogens with zero attached hydrogens (tertiary/aromatic N) is 2. The van der Waals surface area contributed by atoms with Gasteiger partial charge in [-0.1, -0.05) is 31.0 Å². The van der Waals surface area contributed by atoms with E-state index in [-0.39, 0.29) is 36.1 Å². The predicted octanol–water partition coefficient (Wildman–Crippen LogP) is 2.34. The molecule has 3 amide bonds. The summed E-state index contributed by atoms with van der Waals surface area (Å²) in [6, 6.07) is 9.06. The third kappa shape index (κ3) is 3.95. The molecule has 3 aliphatic rings. The molecule has 1 aliphatic carbocycles. The maximum atomic E-state index is 13.5. The highest BCUT2D eigenvalue weighted by atomic mass is 32.1. The zero-order valence-electron chi connectivity index (χ0n) is 17.6. The smallest absolute Gasteiger partial charge is 0.254 e. The van der Waals surface area contributed by atoms with E-state index in [9.17, 15) is 19.2 Å². The Hall–Kier alpha value is -3.00. The fourth-order valence-electron chi connectivity index (χ4n) is 4.83. The number of likely N-dealkylation sites (tertiary alicyclic amines) is 2. The van der Waals surface area contributed by atoms with Crippen molar-refractivity contribution >= 4 is 34.8 Å². The minimum absolute atomic E-state index is 0.0153. The standard InChI is InChI=1S/C24H25N3O4S/c28-20-13-27(23(30)16-4-2-1-3-5-16)19-8-10-26(21(19)20)24(31)18(12-15-6-7-15)25-22(29)17-9-11-32-14-17/h1-5,9,11,14-15,18-19,21H,6-8,10,12-13H2,(H,25,29)/t18-,19+,21-/m0/s1. The highest BCUT2D eigenvalue weighted by Gasteiger charge is 2.52. The summed E-state index contributed by atoms with van der Waals surface area (Å²) >= 11 is 1.43. The molecule has 2 saturated heterocycles. The molecule has 7 nitrogen and oxygen atoms in total. The third-order valence-corrected chi connectivity index (χ3v) is 7.32. The number of amides is 3.